The fraction of sp³-hybridized carbons (Fsp3) is 0. The topological polar surface area (TPSA) is 47.6 Å². The van der Waals surface area contributed by atoms with Gasteiger partial charge in [-0.1, -0.05) is 78.9 Å². The Morgan fingerprint density at radius 1 is 0.405 bits per heavy atom. The first-order valence-corrected chi connectivity index (χ1v) is 15.3. The predicted octanol–water partition coefficient (Wildman–Crippen LogP) is 11.2. The molecule has 2 aromatic heterocycles. The molecule has 0 saturated heterocycles. The number of nitrogens with zero attached hydrogens (tertiary/aromatic N) is 2. The van der Waals surface area contributed by atoms with Gasteiger partial charge in [0.2, 0.25) is 0 Å². The van der Waals surface area contributed by atoms with Crippen LogP contribution in [-0.4, -0.2) is 0 Å². The maximum absolute atomic E-state index is 9.76. The van der Waals surface area contributed by atoms with Crippen LogP contribution in [0, 0.1) is 22.7 Å². The zero-order valence-corrected chi connectivity index (χ0v) is 23.9. The predicted molar refractivity (Wildman–Crippen MR) is 178 cm³/mol. The minimum absolute atomic E-state index is 0.389. The molecular weight excluding hydrogens is 549 g/mol. The van der Waals surface area contributed by atoms with Crippen LogP contribution < -0.4 is 0 Å². The molecule has 4 heteroatoms. The quantitative estimate of drug-likeness (QED) is 0.213. The molecule has 8 aromatic rings. The van der Waals surface area contributed by atoms with Crippen molar-refractivity contribution in [1.82, 2.24) is 0 Å². The van der Waals surface area contributed by atoms with E-state index in [9.17, 15) is 10.5 Å². The zero-order valence-electron chi connectivity index (χ0n) is 22.3. The molecule has 0 bridgehead atoms. The Bertz CT molecular complexity index is 2310. The zero-order chi connectivity index (χ0) is 28.2. The second kappa shape index (κ2) is 9.68. The molecule has 0 fully saturated rings. The lowest BCUT2D eigenvalue weighted by Gasteiger charge is -2.13. The molecule has 0 amide bonds. The second-order valence-corrected chi connectivity index (χ2v) is 12.4. The first-order valence-electron chi connectivity index (χ1n) is 13.6. The first-order chi connectivity index (χ1) is 20.7. The van der Waals surface area contributed by atoms with Crippen molar-refractivity contribution >= 4 is 63.0 Å². The molecule has 6 aromatic carbocycles. The van der Waals surface area contributed by atoms with Crippen molar-refractivity contribution in [2.24, 2.45) is 0 Å². The Morgan fingerprint density at radius 2 is 0.905 bits per heavy atom. The lowest BCUT2D eigenvalue weighted by Crippen LogP contribution is -1.89. The van der Waals surface area contributed by atoms with Crippen molar-refractivity contribution in [2.75, 3.05) is 0 Å². The van der Waals surface area contributed by atoms with Crippen molar-refractivity contribution in [3.05, 3.63) is 132 Å². The fourth-order valence-electron chi connectivity index (χ4n) is 5.97. The van der Waals surface area contributed by atoms with Crippen molar-refractivity contribution in [3.63, 3.8) is 0 Å². The standard InChI is InChI=1S/C38H20N2S2/c39-21-24-16-15-23(17-28(24)22-40)25-18-26(29-9-5-11-33-31-7-1-3-13-35(31)41-37(29)33)20-27(19-25)30-10-6-12-34-32-8-2-4-14-36(32)42-38(30)34/h1-20H. The first kappa shape index (κ1) is 24.5. The number of rotatable bonds is 3. The molecule has 2 nitrogen and oxygen atoms in total. The average Bonchev–Trinajstić information content (AvgIpc) is 3.63. The largest absolute Gasteiger partial charge is 0.192 e. The molecule has 42 heavy (non-hydrogen) atoms. The van der Waals surface area contributed by atoms with Crippen molar-refractivity contribution in [2.45, 2.75) is 0 Å². The van der Waals surface area contributed by atoms with Gasteiger partial charge in [0.15, 0.2) is 0 Å². The van der Waals surface area contributed by atoms with Gasteiger partial charge in [0.1, 0.15) is 12.1 Å². The number of fused-ring (bicyclic) bond motifs is 6. The Hall–Kier alpha value is -5.26. The summed E-state index contributed by atoms with van der Waals surface area (Å²) in [5.74, 6) is 0. The highest BCUT2D eigenvalue weighted by Gasteiger charge is 2.16. The summed E-state index contributed by atoms with van der Waals surface area (Å²) in [6, 6.07) is 46.9. The summed E-state index contributed by atoms with van der Waals surface area (Å²) >= 11 is 3.65. The van der Waals surface area contributed by atoms with E-state index in [1.54, 1.807) is 6.07 Å². The van der Waals surface area contributed by atoms with Gasteiger partial charge in [-0.25, -0.2) is 0 Å². The molecule has 0 radical (unpaired) electrons. The third kappa shape index (κ3) is 3.82. The Balaban J connectivity index is 1.43. The smallest absolute Gasteiger partial charge is 0.101 e. The van der Waals surface area contributed by atoms with Gasteiger partial charge in [0.25, 0.3) is 0 Å². The van der Waals surface area contributed by atoms with Gasteiger partial charge >= 0.3 is 0 Å². The van der Waals surface area contributed by atoms with Crippen LogP contribution in [0.5, 0.6) is 0 Å². The van der Waals surface area contributed by atoms with E-state index < -0.39 is 0 Å². The summed E-state index contributed by atoms with van der Waals surface area (Å²) in [5.41, 5.74) is 7.34. The summed E-state index contributed by atoms with van der Waals surface area (Å²) in [6.45, 7) is 0. The van der Waals surface area contributed by atoms with Crippen LogP contribution in [0.25, 0.3) is 73.7 Å². The maximum Gasteiger partial charge on any atom is 0.101 e. The molecule has 0 atom stereocenters. The minimum atomic E-state index is 0.389. The third-order valence-electron chi connectivity index (χ3n) is 7.96. The Kier molecular flexibility index (Phi) is 5.66. The van der Waals surface area contributed by atoms with E-state index in [0.29, 0.717) is 11.1 Å². The summed E-state index contributed by atoms with van der Waals surface area (Å²) in [5, 5.41) is 24.4. The van der Waals surface area contributed by atoms with E-state index in [1.807, 2.05) is 34.8 Å². The van der Waals surface area contributed by atoms with Crippen LogP contribution in [0.2, 0.25) is 0 Å². The lowest BCUT2D eigenvalue weighted by molar-refractivity contribution is 1.43. The van der Waals surface area contributed by atoms with E-state index in [2.05, 4.69) is 115 Å². The third-order valence-corrected chi connectivity index (χ3v) is 10.4. The molecule has 0 N–H and O–H groups in total. The summed E-state index contributed by atoms with van der Waals surface area (Å²) < 4.78 is 5.08. The molecule has 0 spiro atoms. The number of thiophene rings is 2. The van der Waals surface area contributed by atoms with E-state index in [-0.39, 0.29) is 0 Å². The number of hydrogen-bond donors (Lipinski definition) is 0. The second-order valence-electron chi connectivity index (χ2n) is 10.3. The lowest BCUT2D eigenvalue weighted by atomic mass is 9.91. The fourth-order valence-corrected chi connectivity index (χ4v) is 8.44. The van der Waals surface area contributed by atoms with Gasteiger partial charge in [0.05, 0.1) is 11.1 Å². The highest BCUT2D eigenvalue weighted by molar-refractivity contribution is 7.26. The van der Waals surface area contributed by atoms with E-state index in [4.69, 9.17) is 0 Å². The van der Waals surface area contributed by atoms with Crippen LogP contribution >= 0.6 is 22.7 Å². The van der Waals surface area contributed by atoms with Crippen molar-refractivity contribution in [3.8, 4) is 45.5 Å². The van der Waals surface area contributed by atoms with Gasteiger partial charge in [-0.3, -0.25) is 0 Å². The number of nitriles is 2. The van der Waals surface area contributed by atoms with E-state index >= 15 is 0 Å². The average molecular weight is 569 g/mol. The van der Waals surface area contributed by atoms with Crippen LogP contribution in [0.3, 0.4) is 0 Å². The van der Waals surface area contributed by atoms with Gasteiger partial charge in [0, 0.05) is 40.3 Å². The van der Waals surface area contributed by atoms with Crippen molar-refractivity contribution in [1.29, 1.82) is 10.5 Å². The molecule has 8 rings (SSSR count). The summed E-state index contributed by atoms with van der Waals surface area (Å²) in [6.07, 6.45) is 0. The summed E-state index contributed by atoms with van der Waals surface area (Å²) in [7, 11) is 0. The molecule has 194 valence electrons. The molecule has 0 saturated carbocycles. The Morgan fingerprint density at radius 3 is 1.45 bits per heavy atom. The number of benzene rings is 6. The van der Waals surface area contributed by atoms with Crippen LogP contribution in [0.4, 0.5) is 0 Å². The summed E-state index contributed by atoms with van der Waals surface area (Å²) in [4.78, 5) is 0. The SMILES string of the molecule is N#Cc1ccc(-c2cc(-c3cccc4c3sc3ccccc34)cc(-c3cccc4c3sc3ccccc34)c2)cc1C#N. The highest BCUT2D eigenvalue weighted by atomic mass is 32.1. The molecule has 0 aliphatic rings. The van der Waals surface area contributed by atoms with Gasteiger partial charge in [-0.15, -0.1) is 22.7 Å². The number of hydrogen-bond acceptors (Lipinski definition) is 4. The minimum Gasteiger partial charge on any atom is -0.192 e. The molecule has 2 heterocycles. The van der Waals surface area contributed by atoms with Gasteiger partial charge in [-0.2, -0.15) is 10.5 Å². The Labute approximate surface area is 250 Å². The maximum atomic E-state index is 9.76. The molecular formula is C38H20N2S2. The molecule has 0 unspecified atom stereocenters. The van der Waals surface area contributed by atoms with Gasteiger partial charge < -0.3 is 0 Å². The highest BCUT2D eigenvalue weighted by Crippen LogP contribution is 2.44. The van der Waals surface area contributed by atoms with Crippen LogP contribution in [-0.2, 0) is 0 Å². The van der Waals surface area contributed by atoms with E-state index in [1.165, 1.54) is 51.5 Å². The normalized spacial score (nSPS) is 11.3. The van der Waals surface area contributed by atoms with Crippen LogP contribution in [0.15, 0.2) is 121 Å². The van der Waals surface area contributed by atoms with Gasteiger partial charge in [-0.05, 0) is 75.8 Å². The molecule has 0 aliphatic heterocycles. The van der Waals surface area contributed by atoms with Crippen molar-refractivity contribution < 1.29 is 0 Å². The van der Waals surface area contributed by atoms with E-state index in [0.717, 1.165) is 22.3 Å². The molecule has 0 aliphatic carbocycles. The monoisotopic (exact) mass is 568 g/mol. The van der Waals surface area contributed by atoms with Crippen LogP contribution in [0.1, 0.15) is 11.1 Å².